The second-order valence-corrected chi connectivity index (χ2v) is 13.2. The quantitative estimate of drug-likeness (QED) is 0.232. The molecule has 0 saturated carbocycles. The fraction of sp³-hybridized carbons (Fsp3) is 0.517. The second-order valence-electron chi connectivity index (χ2n) is 11.6. The summed E-state index contributed by atoms with van der Waals surface area (Å²) in [6, 6.07) is 2.71. The molecule has 230 valence electrons. The Labute approximate surface area is 269 Å². The van der Waals surface area contributed by atoms with Crippen LogP contribution in [-0.4, -0.2) is 92.1 Å². The van der Waals surface area contributed by atoms with Gasteiger partial charge in [-0.1, -0.05) is 0 Å². The van der Waals surface area contributed by atoms with E-state index >= 15 is 0 Å². The SMILES string of the molecule is Cc1nc2nc(NC3CCN(C)CC3)nc(N)c2c(C)c1Br.Cc1nc2nc(NC3CCN(C)CC3)nc(N)c2cc1Br. The number of fused-ring (bicyclic) bond motifs is 2. The molecule has 0 aromatic carbocycles. The monoisotopic (exact) mass is 714 g/mol. The first kappa shape index (κ1) is 31.5. The van der Waals surface area contributed by atoms with Gasteiger partial charge in [0, 0.05) is 21.0 Å². The Morgan fingerprint density at radius 3 is 1.74 bits per heavy atom. The van der Waals surface area contributed by atoms with Gasteiger partial charge < -0.3 is 31.9 Å². The summed E-state index contributed by atoms with van der Waals surface area (Å²) in [4.78, 5) is 31.5. The molecule has 6 N–H and O–H groups in total. The average molecular weight is 717 g/mol. The summed E-state index contributed by atoms with van der Waals surface area (Å²) in [5.41, 5.74) is 16.3. The van der Waals surface area contributed by atoms with Crippen LogP contribution in [-0.2, 0) is 0 Å². The maximum atomic E-state index is 6.14. The highest BCUT2D eigenvalue weighted by Gasteiger charge is 2.20. The van der Waals surface area contributed by atoms with Crippen molar-refractivity contribution in [3.8, 4) is 0 Å². The maximum Gasteiger partial charge on any atom is 0.226 e. The van der Waals surface area contributed by atoms with E-state index in [1.165, 1.54) is 0 Å². The molecule has 4 aromatic rings. The van der Waals surface area contributed by atoms with Gasteiger partial charge >= 0.3 is 0 Å². The molecule has 0 radical (unpaired) electrons. The van der Waals surface area contributed by atoms with Gasteiger partial charge in [0.15, 0.2) is 11.3 Å². The number of nitrogens with zero attached hydrogens (tertiary/aromatic N) is 8. The van der Waals surface area contributed by atoms with Crippen molar-refractivity contribution in [1.29, 1.82) is 0 Å². The Balaban J connectivity index is 0.000000171. The van der Waals surface area contributed by atoms with Gasteiger partial charge in [-0.15, -0.1) is 0 Å². The highest BCUT2D eigenvalue weighted by molar-refractivity contribution is 9.10. The second kappa shape index (κ2) is 13.4. The predicted octanol–water partition coefficient (Wildman–Crippen LogP) is 4.68. The first-order chi connectivity index (χ1) is 20.5. The predicted molar refractivity (Wildman–Crippen MR) is 181 cm³/mol. The zero-order valence-electron chi connectivity index (χ0n) is 25.4. The molecule has 0 spiro atoms. The van der Waals surface area contributed by atoms with E-state index in [0.717, 1.165) is 88.5 Å². The first-order valence-corrected chi connectivity index (χ1v) is 16.2. The first-order valence-electron chi connectivity index (χ1n) is 14.6. The number of likely N-dealkylation sites (tertiary alicyclic amines) is 2. The summed E-state index contributed by atoms with van der Waals surface area (Å²) in [6.45, 7) is 10.3. The molecule has 43 heavy (non-hydrogen) atoms. The summed E-state index contributed by atoms with van der Waals surface area (Å²) < 4.78 is 1.88. The lowest BCUT2D eigenvalue weighted by molar-refractivity contribution is 0.263. The molecule has 2 aliphatic rings. The number of halogens is 2. The Hall–Kier alpha value is -2.94. The molecule has 12 nitrogen and oxygen atoms in total. The lowest BCUT2D eigenvalue weighted by Crippen LogP contribution is -2.37. The number of aryl methyl sites for hydroxylation is 3. The Bertz CT molecular complexity index is 1620. The summed E-state index contributed by atoms with van der Waals surface area (Å²) in [7, 11) is 4.29. The molecule has 2 saturated heterocycles. The summed E-state index contributed by atoms with van der Waals surface area (Å²) in [6.07, 6.45) is 4.35. The third-order valence-electron chi connectivity index (χ3n) is 8.16. The van der Waals surface area contributed by atoms with E-state index in [2.05, 4.69) is 96.3 Å². The largest absolute Gasteiger partial charge is 0.383 e. The van der Waals surface area contributed by atoms with Crippen LogP contribution in [0.5, 0.6) is 0 Å². The fourth-order valence-corrected chi connectivity index (χ4v) is 6.04. The van der Waals surface area contributed by atoms with E-state index in [0.29, 0.717) is 46.9 Å². The van der Waals surface area contributed by atoms with E-state index in [-0.39, 0.29) is 0 Å². The molecule has 6 rings (SSSR count). The van der Waals surface area contributed by atoms with Crippen LogP contribution in [0.15, 0.2) is 15.0 Å². The van der Waals surface area contributed by atoms with E-state index in [4.69, 9.17) is 11.5 Å². The van der Waals surface area contributed by atoms with Crippen molar-refractivity contribution in [3.63, 3.8) is 0 Å². The fourth-order valence-electron chi connectivity index (χ4n) is 5.44. The molecular formula is C29H40Br2N12. The van der Waals surface area contributed by atoms with Crippen molar-refractivity contribution in [2.75, 3.05) is 62.4 Å². The van der Waals surface area contributed by atoms with E-state index in [1.807, 2.05) is 26.8 Å². The zero-order valence-corrected chi connectivity index (χ0v) is 28.5. The van der Waals surface area contributed by atoms with Crippen molar-refractivity contribution in [2.24, 2.45) is 0 Å². The topological polar surface area (TPSA) is 160 Å². The van der Waals surface area contributed by atoms with Gasteiger partial charge in [0.05, 0.1) is 22.2 Å². The molecule has 0 bridgehead atoms. The molecule has 0 amide bonds. The standard InChI is InChI=1S/C15H21BrN6.C14H19BrN6/c1-8-11-13(17)20-15(19-10-4-6-22(3)7-5-10)21-14(11)18-9(2)12(8)16;1-8-11(15)7-10-12(16)19-14(20-13(10)17-8)18-9-3-5-21(2)6-4-9/h10H,4-7H2,1-3H3,(H3,17,18,19,20,21);7,9H,3-6H2,1-2H3,(H3,16,17,18,19,20). The Morgan fingerprint density at radius 1 is 0.698 bits per heavy atom. The average Bonchev–Trinajstić information content (AvgIpc) is 2.95. The highest BCUT2D eigenvalue weighted by atomic mass is 79.9. The van der Waals surface area contributed by atoms with E-state index in [9.17, 15) is 0 Å². The van der Waals surface area contributed by atoms with Gasteiger partial charge in [-0.05, 0) is 130 Å². The van der Waals surface area contributed by atoms with Crippen LogP contribution in [0.4, 0.5) is 23.5 Å². The van der Waals surface area contributed by atoms with Gasteiger partial charge in [0.25, 0.3) is 0 Å². The van der Waals surface area contributed by atoms with Gasteiger partial charge in [-0.2, -0.15) is 19.9 Å². The third kappa shape index (κ3) is 7.41. The lowest BCUT2D eigenvalue weighted by Gasteiger charge is -2.29. The number of nitrogens with one attached hydrogen (secondary N) is 2. The Kier molecular flexibility index (Phi) is 9.79. The van der Waals surface area contributed by atoms with Gasteiger partial charge in [0.2, 0.25) is 11.9 Å². The van der Waals surface area contributed by atoms with Crippen LogP contribution in [0.1, 0.15) is 42.6 Å². The van der Waals surface area contributed by atoms with Crippen molar-refractivity contribution in [1.82, 2.24) is 39.7 Å². The molecule has 4 aromatic heterocycles. The third-order valence-corrected chi connectivity index (χ3v) is 10.1. The number of nitrogen functional groups attached to an aromatic ring is 2. The van der Waals surface area contributed by atoms with Crippen LogP contribution in [0.2, 0.25) is 0 Å². The normalized spacial score (nSPS) is 17.2. The van der Waals surface area contributed by atoms with Gasteiger partial charge in [-0.25, -0.2) is 9.97 Å². The number of nitrogens with two attached hydrogens (primary N) is 2. The number of piperidine rings is 2. The number of aromatic nitrogens is 6. The van der Waals surface area contributed by atoms with Crippen LogP contribution in [0.3, 0.4) is 0 Å². The van der Waals surface area contributed by atoms with Crippen molar-refractivity contribution in [2.45, 2.75) is 58.5 Å². The molecule has 2 fully saturated rings. The van der Waals surface area contributed by atoms with Crippen LogP contribution in [0.25, 0.3) is 22.1 Å². The van der Waals surface area contributed by atoms with E-state index in [1.54, 1.807) is 0 Å². The molecular weight excluding hydrogens is 676 g/mol. The van der Waals surface area contributed by atoms with Crippen LogP contribution >= 0.6 is 31.9 Å². The summed E-state index contributed by atoms with van der Waals surface area (Å²) in [5, 5.41) is 8.40. The Morgan fingerprint density at radius 2 is 1.19 bits per heavy atom. The number of hydrogen-bond acceptors (Lipinski definition) is 12. The smallest absolute Gasteiger partial charge is 0.226 e. The molecule has 0 aliphatic carbocycles. The van der Waals surface area contributed by atoms with Gasteiger partial charge in [-0.3, -0.25) is 0 Å². The van der Waals surface area contributed by atoms with Crippen molar-refractivity contribution < 1.29 is 0 Å². The molecule has 2 aliphatic heterocycles. The van der Waals surface area contributed by atoms with Crippen LogP contribution in [0, 0.1) is 20.8 Å². The van der Waals surface area contributed by atoms with Crippen molar-refractivity contribution in [3.05, 3.63) is 32.0 Å². The molecule has 14 heteroatoms. The zero-order chi connectivity index (χ0) is 30.8. The minimum Gasteiger partial charge on any atom is -0.383 e. The number of rotatable bonds is 4. The van der Waals surface area contributed by atoms with Crippen LogP contribution < -0.4 is 22.1 Å². The minimum atomic E-state index is 0.394. The summed E-state index contributed by atoms with van der Waals surface area (Å²) in [5.74, 6) is 2.09. The maximum absolute atomic E-state index is 6.14. The van der Waals surface area contributed by atoms with Gasteiger partial charge in [0.1, 0.15) is 11.6 Å². The lowest BCUT2D eigenvalue weighted by atomic mass is 10.1. The minimum absolute atomic E-state index is 0.394. The number of anilines is 4. The highest BCUT2D eigenvalue weighted by Crippen LogP contribution is 2.30. The molecule has 0 atom stereocenters. The molecule has 0 unspecified atom stereocenters. The molecule has 6 heterocycles. The van der Waals surface area contributed by atoms with E-state index < -0.39 is 0 Å². The number of pyridine rings is 2. The summed E-state index contributed by atoms with van der Waals surface area (Å²) >= 11 is 7.00. The van der Waals surface area contributed by atoms with Crippen molar-refractivity contribution >= 4 is 77.5 Å². The number of hydrogen-bond donors (Lipinski definition) is 4.